The monoisotopic (exact) mass is 339 g/mol. The van der Waals surface area contributed by atoms with Crippen molar-refractivity contribution in [3.63, 3.8) is 0 Å². The number of halogens is 1. The lowest BCUT2D eigenvalue weighted by Gasteiger charge is -2.01. The summed E-state index contributed by atoms with van der Waals surface area (Å²) >= 11 is 3.41. The highest BCUT2D eigenvalue weighted by molar-refractivity contribution is 9.10. The topological polar surface area (TPSA) is 61.6 Å². The lowest BCUT2D eigenvalue weighted by molar-refractivity contribution is 0.0559. The Hall–Kier alpha value is -1.66. The van der Waals surface area contributed by atoms with Gasteiger partial charge < -0.3 is 13.9 Å². The first kappa shape index (κ1) is 14.7. The van der Waals surface area contributed by atoms with Crippen molar-refractivity contribution in [2.45, 2.75) is 13.5 Å². The molecule has 20 heavy (non-hydrogen) atoms. The average Bonchev–Trinajstić information content (AvgIpc) is 2.85. The molecule has 0 N–H and O–H groups in total. The zero-order valence-electron chi connectivity index (χ0n) is 11.4. The van der Waals surface area contributed by atoms with Crippen LogP contribution in [0.5, 0.6) is 0 Å². The Kier molecular flexibility index (Phi) is 4.57. The van der Waals surface area contributed by atoms with Crippen LogP contribution in [-0.4, -0.2) is 25.2 Å². The number of hydrogen-bond acceptors (Lipinski definition) is 5. The van der Waals surface area contributed by atoms with Crippen molar-refractivity contribution in [1.82, 2.24) is 4.98 Å². The van der Waals surface area contributed by atoms with Gasteiger partial charge >= 0.3 is 5.97 Å². The molecule has 0 atom stereocenters. The Bertz CT molecular complexity index is 636. The summed E-state index contributed by atoms with van der Waals surface area (Å²) in [6.07, 6.45) is 0. The zero-order chi connectivity index (χ0) is 14.7. The van der Waals surface area contributed by atoms with E-state index in [0.717, 1.165) is 15.6 Å². The van der Waals surface area contributed by atoms with Crippen molar-refractivity contribution >= 4 is 21.9 Å². The maximum Gasteiger partial charge on any atom is 0.376 e. The molecule has 0 spiro atoms. The number of ether oxygens (including phenoxy) is 2. The molecular formula is C14H14BrNO4. The van der Waals surface area contributed by atoms with E-state index in [1.165, 1.54) is 14.2 Å². The fourth-order valence-electron chi connectivity index (χ4n) is 1.78. The summed E-state index contributed by atoms with van der Waals surface area (Å²) < 4.78 is 16.2. The summed E-state index contributed by atoms with van der Waals surface area (Å²) in [5, 5.41) is 0. The highest BCUT2D eigenvalue weighted by Crippen LogP contribution is 2.28. The molecule has 1 heterocycles. The van der Waals surface area contributed by atoms with E-state index in [1.54, 1.807) is 0 Å². The molecule has 0 aliphatic rings. The van der Waals surface area contributed by atoms with E-state index in [-0.39, 0.29) is 12.4 Å². The van der Waals surface area contributed by atoms with E-state index in [1.807, 2.05) is 25.1 Å². The number of hydrogen-bond donors (Lipinski definition) is 0. The van der Waals surface area contributed by atoms with Gasteiger partial charge in [0, 0.05) is 17.1 Å². The van der Waals surface area contributed by atoms with Gasteiger partial charge in [-0.3, -0.25) is 0 Å². The highest BCUT2D eigenvalue weighted by atomic mass is 79.9. The molecule has 0 amide bonds. The summed E-state index contributed by atoms with van der Waals surface area (Å²) in [5.74, 6) is -0.122. The van der Waals surface area contributed by atoms with Gasteiger partial charge in [0.2, 0.25) is 11.7 Å². The standard InChI is InChI=1S/C14H14BrNO4/c1-8-4-5-9(15)6-10(8)13-16-11(7-18-2)12(20-13)14(17)19-3/h4-6H,7H2,1-3H3. The van der Waals surface area contributed by atoms with E-state index in [2.05, 4.69) is 25.7 Å². The second kappa shape index (κ2) is 6.19. The van der Waals surface area contributed by atoms with Crippen molar-refractivity contribution in [2.75, 3.05) is 14.2 Å². The van der Waals surface area contributed by atoms with E-state index in [0.29, 0.717) is 11.6 Å². The maximum atomic E-state index is 11.7. The summed E-state index contributed by atoms with van der Waals surface area (Å²) in [5.41, 5.74) is 2.23. The van der Waals surface area contributed by atoms with Gasteiger partial charge in [-0.25, -0.2) is 9.78 Å². The molecule has 5 nitrogen and oxygen atoms in total. The molecule has 0 bridgehead atoms. The molecule has 0 saturated heterocycles. The minimum Gasteiger partial charge on any atom is -0.463 e. The van der Waals surface area contributed by atoms with Crippen molar-refractivity contribution in [3.05, 3.63) is 39.7 Å². The van der Waals surface area contributed by atoms with Crippen molar-refractivity contribution in [1.29, 1.82) is 0 Å². The second-order valence-corrected chi connectivity index (χ2v) is 5.09. The molecule has 0 aliphatic carbocycles. The minimum atomic E-state index is -0.566. The Balaban J connectivity index is 2.52. The van der Waals surface area contributed by atoms with Crippen molar-refractivity contribution in [2.24, 2.45) is 0 Å². The summed E-state index contributed by atoms with van der Waals surface area (Å²) in [6, 6.07) is 5.76. The number of aromatic nitrogens is 1. The Morgan fingerprint density at radius 1 is 1.40 bits per heavy atom. The van der Waals surface area contributed by atoms with Crippen LogP contribution in [0.15, 0.2) is 27.1 Å². The lowest BCUT2D eigenvalue weighted by Crippen LogP contribution is -2.04. The van der Waals surface area contributed by atoms with Gasteiger partial charge in [-0.15, -0.1) is 0 Å². The largest absolute Gasteiger partial charge is 0.463 e. The number of esters is 1. The Morgan fingerprint density at radius 3 is 2.80 bits per heavy atom. The highest BCUT2D eigenvalue weighted by Gasteiger charge is 2.22. The van der Waals surface area contributed by atoms with Gasteiger partial charge in [-0.05, 0) is 24.6 Å². The number of carbonyl (C=O) groups is 1. The molecule has 2 aromatic rings. The third-order valence-electron chi connectivity index (χ3n) is 2.78. The van der Waals surface area contributed by atoms with E-state index in [9.17, 15) is 4.79 Å². The van der Waals surface area contributed by atoms with Crippen molar-refractivity contribution < 1.29 is 18.7 Å². The Labute approximate surface area is 125 Å². The van der Waals surface area contributed by atoms with Gasteiger partial charge in [-0.2, -0.15) is 0 Å². The van der Waals surface area contributed by atoms with Crippen LogP contribution in [0.4, 0.5) is 0 Å². The molecule has 0 fully saturated rings. The molecule has 0 radical (unpaired) electrons. The molecule has 106 valence electrons. The maximum absolute atomic E-state index is 11.7. The number of nitrogens with zero attached hydrogens (tertiary/aromatic N) is 1. The van der Waals surface area contributed by atoms with Crippen LogP contribution >= 0.6 is 15.9 Å². The number of rotatable bonds is 4. The van der Waals surface area contributed by atoms with Crippen LogP contribution in [0.3, 0.4) is 0 Å². The van der Waals surface area contributed by atoms with Crippen LogP contribution in [0, 0.1) is 6.92 Å². The summed E-state index contributed by atoms with van der Waals surface area (Å²) in [6.45, 7) is 2.13. The van der Waals surface area contributed by atoms with Crippen LogP contribution in [0.2, 0.25) is 0 Å². The van der Waals surface area contributed by atoms with Gasteiger partial charge in [-0.1, -0.05) is 22.0 Å². The van der Waals surface area contributed by atoms with Gasteiger partial charge in [0.05, 0.1) is 13.7 Å². The number of carbonyl (C=O) groups excluding carboxylic acids is 1. The van der Waals surface area contributed by atoms with E-state index in [4.69, 9.17) is 9.15 Å². The van der Waals surface area contributed by atoms with Crippen LogP contribution in [0.1, 0.15) is 21.8 Å². The molecule has 2 rings (SSSR count). The van der Waals surface area contributed by atoms with E-state index >= 15 is 0 Å². The third kappa shape index (κ3) is 2.91. The fourth-order valence-corrected chi connectivity index (χ4v) is 2.14. The predicted molar refractivity (Wildman–Crippen MR) is 76.4 cm³/mol. The molecule has 6 heteroatoms. The molecule has 1 aromatic carbocycles. The first-order valence-electron chi connectivity index (χ1n) is 5.90. The Morgan fingerprint density at radius 2 is 2.15 bits per heavy atom. The number of oxazole rings is 1. The minimum absolute atomic E-state index is 0.0729. The number of benzene rings is 1. The van der Waals surface area contributed by atoms with Crippen LogP contribution in [0.25, 0.3) is 11.5 Å². The first-order chi connectivity index (χ1) is 9.56. The SMILES string of the molecule is COCc1nc(-c2cc(Br)ccc2C)oc1C(=O)OC. The van der Waals surface area contributed by atoms with Gasteiger partial charge in [0.15, 0.2) is 0 Å². The number of aryl methyl sites for hydroxylation is 1. The van der Waals surface area contributed by atoms with E-state index < -0.39 is 5.97 Å². The van der Waals surface area contributed by atoms with Crippen LogP contribution in [-0.2, 0) is 16.1 Å². The number of methoxy groups -OCH3 is 2. The summed E-state index contributed by atoms with van der Waals surface area (Å²) in [7, 11) is 2.82. The lowest BCUT2D eigenvalue weighted by atomic mass is 10.1. The normalized spacial score (nSPS) is 10.6. The van der Waals surface area contributed by atoms with Crippen molar-refractivity contribution in [3.8, 4) is 11.5 Å². The quantitative estimate of drug-likeness (QED) is 0.799. The smallest absolute Gasteiger partial charge is 0.376 e. The fraction of sp³-hybridized carbons (Fsp3) is 0.286. The third-order valence-corrected chi connectivity index (χ3v) is 3.27. The molecule has 0 unspecified atom stereocenters. The second-order valence-electron chi connectivity index (χ2n) is 4.18. The predicted octanol–water partition coefficient (Wildman–Crippen LogP) is 3.35. The molecule has 0 saturated carbocycles. The molecule has 0 aliphatic heterocycles. The first-order valence-corrected chi connectivity index (χ1v) is 6.69. The molecular weight excluding hydrogens is 326 g/mol. The molecule has 1 aromatic heterocycles. The zero-order valence-corrected chi connectivity index (χ0v) is 13.0. The van der Waals surface area contributed by atoms with Crippen LogP contribution < -0.4 is 0 Å². The summed E-state index contributed by atoms with van der Waals surface area (Å²) in [4.78, 5) is 16.0. The average molecular weight is 340 g/mol. The van der Waals surface area contributed by atoms with Gasteiger partial charge in [0.1, 0.15) is 5.69 Å². The van der Waals surface area contributed by atoms with Gasteiger partial charge in [0.25, 0.3) is 0 Å².